The second-order valence-corrected chi connectivity index (χ2v) is 7.52. The van der Waals surface area contributed by atoms with E-state index in [0.717, 1.165) is 26.4 Å². The standard InChI is InChI=1S/C18H35IN2O2/c1-5-8-17-18(7-3)23-14-21(17)12-20-13-22-11-16(9-10-19)15(4)6-2/h6,15-18,20H,2,5,7-14H2,1,3-4H3/t15?,16?,17-,18+/m0/s1. The minimum absolute atomic E-state index is 0.388. The van der Waals surface area contributed by atoms with Crippen molar-refractivity contribution in [3.63, 3.8) is 0 Å². The summed E-state index contributed by atoms with van der Waals surface area (Å²) in [6.07, 6.45) is 7.11. The maximum Gasteiger partial charge on any atom is 0.101 e. The third-order valence-electron chi connectivity index (χ3n) is 4.79. The molecule has 1 N–H and O–H groups in total. The number of alkyl halides is 1. The second-order valence-electron chi connectivity index (χ2n) is 6.44. The number of hydrogen-bond donors (Lipinski definition) is 1. The Bertz CT molecular complexity index is 317. The number of allylic oxidation sites excluding steroid dienone is 1. The van der Waals surface area contributed by atoms with Crippen LogP contribution in [0.4, 0.5) is 0 Å². The van der Waals surface area contributed by atoms with Crippen molar-refractivity contribution in [3.05, 3.63) is 12.7 Å². The topological polar surface area (TPSA) is 33.7 Å². The van der Waals surface area contributed by atoms with Crippen LogP contribution in [0, 0.1) is 11.8 Å². The Morgan fingerprint density at radius 2 is 2.26 bits per heavy atom. The van der Waals surface area contributed by atoms with Gasteiger partial charge < -0.3 is 9.47 Å². The molecule has 1 rings (SSSR count). The summed E-state index contributed by atoms with van der Waals surface area (Å²) in [6.45, 7) is 13.6. The summed E-state index contributed by atoms with van der Waals surface area (Å²) in [5.41, 5.74) is 0. The summed E-state index contributed by atoms with van der Waals surface area (Å²) in [5, 5.41) is 3.41. The van der Waals surface area contributed by atoms with Crippen LogP contribution in [0.1, 0.15) is 46.5 Å². The number of nitrogens with zero attached hydrogens (tertiary/aromatic N) is 1. The van der Waals surface area contributed by atoms with Crippen molar-refractivity contribution in [3.8, 4) is 0 Å². The van der Waals surface area contributed by atoms with Gasteiger partial charge in [0, 0.05) is 6.04 Å². The Morgan fingerprint density at radius 1 is 1.48 bits per heavy atom. The molecular weight excluding hydrogens is 403 g/mol. The average molecular weight is 438 g/mol. The molecule has 5 heteroatoms. The van der Waals surface area contributed by atoms with Crippen LogP contribution in [-0.4, -0.2) is 48.2 Å². The van der Waals surface area contributed by atoms with E-state index >= 15 is 0 Å². The number of nitrogens with one attached hydrogen (secondary N) is 1. The van der Waals surface area contributed by atoms with Crippen LogP contribution >= 0.6 is 22.6 Å². The van der Waals surface area contributed by atoms with E-state index in [0.29, 0.717) is 30.7 Å². The van der Waals surface area contributed by atoms with E-state index in [4.69, 9.17) is 9.47 Å². The minimum Gasteiger partial charge on any atom is -0.366 e. The highest BCUT2D eigenvalue weighted by atomic mass is 127. The fourth-order valence-electron chi connectivity index (χ4n) is 3.15. The lowest BCUT2D eigenvalue weighted by molar-refractivity contribution is 0.0544. The van der Waals surface area contributed by atoms with Gasteiger partial charge in [-0.05, 0) is 35.5 Å². The lowest BCUT2D eigenvalue weighted by atomic mass is 9.93. The first kappa shape index (κ1) is 21.4. The molecule has 0 aliphatic carbocycles. The zero-order valence-corrected chi connectivity index (χ0v) is 17.3. The van der Waals surface area contributed by atoms with E-state index < -0.39 is 0 Å². The maximum absolute atomic E-state index is 5.89. The quantitative estimate of drug-likeness (QED) is 0.155. The Hall–Kier alpha value is 0.310. The number of halogens is 1. The van der Waals surface area contributed by atoms with Gasteiger partial charge in [0.1, 0.15) is 6.73 Å². The number of ether oxygens (including phenoxy) is 2. The predicted molar refractivity (Wildman–Crippen MR) is 106 cm³/mol. The number of hydrogen-bond acceptors (Lipinski definition) is 4. The molecule has 0 aromatic rings. The molecule has 0 radical (unpaired) electrons. The average Bonchev–Trinajstić information content (AvgIpc) is 2.95. The van der Waals surface area contributed by atoms with Crippen LogP contribution in [0.2, 0.25) is 0 Å². The Balaban J connectivity index is 2.24. The monoisotopic (exact) mass is 438 g/mol. The molecule has 2 unspecified atom stereocenters. The molecule has 1 fully saturated rings. The largest absolute Gasteiger partial charge is 0.366 e. The zero-order valence-electron chi connectivity index (χ0n) is 15.1. The first-order valence-corrected chi connectivity index (χ1v) is 10.5. The first-order chi connectivity index (χ1) is 11.2. The normalized spacial score (nSPS) is 24.7. The van der Waals surface area contributed by atoms with E-state index in [9.17, 15) is 0 Å². The van der Waals surface area contributed by atoms with Gasteiger partial charge in [-0.25, -0.2) is 0 Å². The molecule has 0 bridgehead atoms. The summed E-state index contributed by atoms with van der Waals surface area (Å²) in [4.78, 5) is 2.40. The van der Waals surface area contributed by atoms with Crippen molar-refractivity contribution in [1.29, 1.82) is 0 Å². The summed E-state index contributed by atoms with van der Waals surface area (Å²) in [6, 6.07) is 0.546. The van der Waals surface area contributed by atoms with Crippen molar-refractivity contribution in [1.82, 2.24) is 10.2 Å². The fourth-order valence-corrected chi connectivity index (χ4v) is 3.95. The van der Waals surface area contributed by atoms with Crippen LogP contribution in [0.25, 0.3) is 0 Å². The molecule has 0 spiro atoms. The van der Waals surface area contributed by atoms with Crippen LogP contribution < -0.4 is 5.32 Å². The fraction of sp³-hybridized carbons (Fsp3) is 0.889. The molecule has 23 heavy (non-hydrogen) atoms. The van der Waals surface area contributed by atoms with Gasteiger partial charge >= 0.3 is 0 Å². The molecule has 0 saturated carbocycles. The molecule has 4 nitrogen and oxygen atoms in total. The summed E-state index contributed by atoms with van der Waals surface area (Å²) >= 11 is 2.44. The van der Waals surface area contributed by atoms with Crippen molar-refractivity contribution in [2.75, 3.05) is 31.2 Å². The van der Waals surface area contributed by atoms with E-state index in [-0.39, 0.29) is 0 Å². The van der Waals surface area contributed by atoms with Crippen molar-refractivity contribution >= 4 is 22.6 Å². The molecule has 136 valence electrons. The molecule has 0 aromatic heterocycles. The van der Waals surface area contributed by atoms with Gasteiger partial charge in [-0.2, -0.15) is 0 Å². The Kier molecular flexibility index (Phi) is 11.7. The van der Waals surface area contributed by atoms with Crippen molar-refractivity contribution in [2.45, 2.75) is 58.6 Å². The molecule has 1 aliphatic rings. The zero-order chi connectivity index (χ0) is 17.1. The SMILES string of the molecule is C=CC(C)C(CCI)COCNCN1CO[C@H](CC)[C@@H]1CCC. The van der Waals surface area contributed by atoms with Crippen LogP contribution in [-0.2, 0) is 9.47 Å². The third-order valence-corrected chi connectivity index (χ3v) is 5.41. The minimum atomic E-state index is 0.388. The second kappa shape index (κ2) is 12.6. The van der Waals surface area contributed by atoms with Crippen molar-refractivity contribution < 1.29 is 9.47 Å². The Labute approximate surface area is 156 Å². The van der Waals surface area contributed by atoms with Gasteiger partial charge in [-0.15, -0.1) is 6.58 Å². The molecule has 0 aromatic carbocycles. The van der Waals surface area contributed by atoms with Gasteiger partial charge in [0.15, 0.2) is 0 Å². The molecular formula is C18H35IN2O2. The highest BCUT2D eigenvalue weighted by Gasteiger charge is 2.32. The summed E-state index contributed by atoms with van der Waals surface area (Å²) in [7, 11) is 0. The molecule has 1 aliphatic heterocycles. The van der Waals surface area contributed by atoms with Gasteiger partial charge in [-0.3, -0.25) is 10.2 Å². The van der Waals surface area contributed by atoms with E-state index in [2.05, 4.69) is 60.2 Å². The molecule has 4 atom stereocenters. The molecule has 1 saturated heterocycles. The van der Waals surface area contributed by atoms with Gasteiger partial charge in [-0.1, -0.05) is 55.9 Å². The van der Waals surface area contributed by atoms with Gasteiger partial charge in [0.05, 0.1) is 26.1 Å². The lowest BCUT2D eigenvalue weighted by Crippen LogP contribution is -2.41. The van der Waals surface area contributed by atoms with Crippen molar-refractivity contribution in [2.24, 2.45) is 11.8 Å². The molecule has 1 heterocycles. The number of rotatable bonds is 13. The van der Waals surface area contributed by atoms with E-state index in [1.165, 1.54) is 23.7 Å². The highest BCUT2D eigenvalue weighted by molar-refractivity contribution is 14.1. The third kappa shape index (κ3) is 7.38. The summed E-state index contributed by atoms with van der Waals surface area (Å²) < 4.78 is 12.9. The van der Waals surface area contributed by atoms with Crippen LogP contribution in [0.15, 0.2) is 12.7 Å². The van der Waals surface area contributed by atoms with Gasteiger partial charge in [0.25, 0.3) is 0 Å². The maximum atomic E-state index is 5.89. The predicted octanol–water partition coefficient (Wildman–Crippen LogP) is 4.01. The van der Waals surface area contributed by atoms with E-state index in [1.54, 1.807) is 0 Å². The van der Waals surface area contributed by atoms with E-state index in [1.807, 2.05) is 6.08 Å². The van der Waals surface area contributed by atoms with Crippen LogP contribution in [0.5, 0.6) is 0 Å². The lowest BCUT2D eigenvalue weighted by Gasteiger charge is -2.25. The Morgan fingerprint density at radius 3 is 2.87 bits per heavy atom. The van der Waals surface area contributed by atoms with Crippen LogP contribution in [0.3, 0.4) is 0 Å². The van der Waals surface area contributed by atoms with Gasteiger partial charge in [0.2, 0.25) is 0 Å². The first-order valence-electron chi connectivity index (χ1n) is 9.00. The summed E-state index contributed by atoms with van der Waals surface area (Å²) in [5.74, 6) is 1.08. The molecule has 0 amide bonds. The smallest absolute Gasteiger partial charge is 0.101 e. The highest BCUT2D eigenvalue weighted by Crippen LogP contribution is 2.23.